The molecule has 1 aromatic rings. The molecule has 6 heteroatoms. The van der Waals surface area contributed by atoms with Gasteiger partial charge in [-0.25, -0.2) is 0 Å². The Morgan fingerprint density at radius 1 is 1.32 bits per heavy atom. The molecule has 2 fully saturated rings. The number of carbonyl (C=O) groups is 2. The lowest BCUT2D eigenvalue weighted by Crippen LogP contribution is -2.70. The number of rotatable bonds is 3. The van der Waals surface area contributed by atoms with Crippen LogP contribution >= 0.6 is 0 Å². The summed E-state index contributed by atoms with van der Waals surface area (Å²) in [4.78, 5) is 28.0. The highest BCUT2D eigenvalue weighted by molar-refractivity contribution is 5.93. The first-order valence-electron chi connectivity index (χ1n) is 11.5. The molecule has 6 nitrogen and oxygen atoms in total. The molecule has 168 valence electrons. The smallest absolute Gasteiger partial charge is 0.314 e. The highest BCUT2D eigenvalue weighted by Gasteiger charge is 2.71. The van der Waals surface area contributed by atoms with E-state index in [0.717, 1.165) is 25.8 Å². The predicted octanol–water partition coefficient (Wildman–Crippen LogP) is 3.63. The van der Waals surface area contributed by atoms with Gasteiger partial charge >= 0.3 is 5.97 Å². The minimum absolute atomic E-state index is 0.189. The maximum atomic E-state index is 13.3. The summed E-state index contributed by atoms with van der Waals surface area (Å²) >= 11 is 0. The monoisotopic (exact) mass is 427 g/mol. The number of benzene rings is 1. The van der Waals surface area contributed by atoms with Crippen LogP contribution in [-0.2, 0) is 26.2 Å². The fourth-order valence-electron chi connectivity index (χ4n) is 6.56. The molecule has 0 N–H and O–H groups in total. The molecule has 2 aliphatic heterocycles. The van der Waals surface area contributed by atoms with Gasteiger partial charge in [-0.2, -0.15) is 0 Å². The fourth-order valence-corrected chi connectivity index (χ4v) is 6.56. The molecule has 2 heterocycles. The average Bonchev–Trinajstić information content (AvgIpc) is 2.96. The number of Topliss-reactive ketones (excluding diaryl/α,β-unsaturated/α-hetero) is 1. The zero-order valence-corrected chi connectivity index (χ0v) is 19.4. The summed E-state index contributed by atoms with van der Waals surface area (Å²) in [5.74, 6) is 1.51. The van der Waals surface area contributed by atoms with E-state index in [1.807, 2.05) is 33.8 Å². The van der Waals surface area contributed by atoms with Crippen molar-refractivity contribution in [1.82, 2.24) is 4.90 Å². The molecule has 1 saturated carbocycles. The maximum absolute atomic E-state index is 13.3. The molecular formula is C25H33NO5. The SMILES string of the molecule is CC(OC(=O)C(C)(C)C)Oc1ccc2c3c1O[C@@]1(C)C(=O)CC[C@H]4C(C2)N(C)CC[C@@]341. The molecule has 2 aliphatic carbocycles. The van der Waals surface area contributed by atoms with Crippen LogP contribution in [-0.4, -0.2) is 48.2 Å². The third-order valence-corrected chi connectivity index (χ3v) is 8.16. The lowest BCUT2D eigenvalue weighted by Gasteiger charge is -2.60. The second-order valence-electron chi connectivity index (χ2n) is 10.9. The van der Waals surface area contributed by atoms with E-state index < -0.39 is 17.3 Å². The van der Waals surface area contributed by atoms with Gasteiger partial charge in [0.15, 0.2) is 22.9 Å². The van der Waals surface area contributed by atoms with E-state index in [0.29, 0.717) is 29.9 Å². The maximum Gasteiger partial charge on any atom is 0.314 e. The molecule has 1 aromatic carbocycles. The van der Waals surface area contributed by atoms with E-state index in [1.54, 1.807) is 6.92 Å². The van der Waals surface area contributed by atoms with Crippen LogP contribution in [0.5, 0.6) is 11.5 Å². The predicted molar refractivity (Wildman–Crippen MR) is 115 cm³/mol. The molecule has 31 heavy (non-hydrogen) atoms. The van der Waals surface area contributed by atoms with Crippen molar-refractivity contribution in [2.75, 3.05) is 13.6 Å². The van der Waals surface area contributed by atoms with Crippen molar-refractivity contribution in [3.8, 4) is 11.5 Å². The van der Waals surface area contributed by atoms with Crippen LogP contribution in [0.2, 0.25) is 0 Å². The number of nitrogens with zero attached hydrogens (tertiary/aromatic N) is 1. The minimum Gasteiger partial charge on any atom is -0.475 e. The summed E-state index contributed by atoms with van der Waals surface area (Å²) in [6.45, 7) is 10.1. The van der Waals surface area contributed by atoms with Crippen LogP contribution < -0.4 is 9.47 Å². The molecule has 0 aromatic heterocycles. The number of carbonyl (C=O) groups excluding carboxylic acids is 2. The summed E-state index contributed by atoms with van der Waals surface area (Å²) in [5.41, 5.74) is 0.660. The summed E-state index contributed by atoms with van der Waals surface area (Å²) in [7, 11) is 2.20. The van der Waals surface area contributed by atoms with Crippen LogP contribution in [0.4, 0.5) is 0 Å². The quantitative estimate of drug-likeness (QED) is 0.542. The Balaban J connectivity index is 1.57. The van der Waals surface area contributed by atoms with Crippen LogP contribution in [0.15, 0.2) is 12.1 Å². The van der Waals surface area contributed by atoms with Crippen molar-refractivity contribution >= 4 is 11.8 Å². The van der Waals surface area contributed by atoms with Crippen LogP contribution in [0, 0.1) is 11.3 Å². The van der Waals surface area contributed by atoms with E-state index in [2.05, 4.69) is 18.0 Å². The lowest BCUT2D eigenvalue weighted by atomic mass is 9.47. The third kappa shape index (κ3) is 2.66. The second-order valence-corrected chi connectivity index (χ2v) is 10.9. The first-order valence-corrected chi connectivity index (χ1v) is 11.5. The number of likely N-dealkylation sites (tertiary alicyclic amines) is 1. The highest BCUT2D eigenvalue weighted by Crippen LogP contribution is 2.66. The van der Waals surface area contributed by atoms with Crippen LogP contribution in [0.3, 0.4) is 0 Å². The Morgan fingerprint density at radius 3 is 2.77 bits per heavy atom. The Bertz CT molecular complexity index is 965. The molecule has 5 rings (SSSR count). The number of likely N-dealkylation sites (N-methyl/N-ethyl adjacent to an activating group) is 1. The van der Waals surface area contributed by atoms with Gasteiger partial charge in [-0.15, -0.1) is 0 Å². The highest BCUT2D eigenvalue weighted by atomic mass is 16.7. The van der Waals surface area contributed by atoms with Gasteiger partial charge in [0, 0.05) is 24.9 Å². The van der Waals surface area contributed by atoms with Crippen molar-refractivity contribution in [3.63, 3.8) is 0 Å². The molecular weight excluding hydrogens is 394 g/mol. The van der Waals surface area contributed by atoms with Gasteiger partial charge in [-0.3, -0.25) is 9.59 Å². The number of hydrogen-bond acceptors (Lipinski definition) is 6. The van der Waals surface area contributed by atoms with Crippen LogP contribution in [0.25, 0.3) is 0 Å². The molecule has 0 amide bonds. The van der Waals surface area contributed by atoms with Crippen molar-refractivity contribution < 1.29 is 23.8 Å². The van der Waals surface area contributed by atoms with E-state index in [4.69, 9.17) is 14.2 Å². The minimum atomic E-state index is -0.863. The van der Waals surface area contributed by atoms with Crippen molar-refractivity contribution in [2.45, 2.75) is 83.6 Å². The Morgan fingerprint density at radius 2 is 2.06 bits per heavy atom. The first-order chi connectivity index (χ1) is 14.5. The Labute approximate surface area is 184 Å². The zero-order chi connectivity index (χ0) is 22.3. The van der Waals surface area contributed by atoms with Crippen LogP contribution in [0.1, 0.15) is 65.0 Å². The van der Waals surface area contributed by atoms with Gasteiger partial charge in [0.05, 0.1) is 10.8 Å². The molecule has 1 saturated heterocycles. The summed E-state index contributed by atoms with van der Waals surface area (Å²) in [5, 5.41) is 0. The third-order valence-electron chi connectivity index (χ3n) is 8.16. The molecule has 4 aliphatic rings. The summed E-state index contributed by atoms with van der Waals surface area (Å²) in [6, 6.07) is 4.46. The summed E-state index contributed by atoms with van der Waals surface area (Å²) in [6.07, 6.45) is 2.60. The van der Waals surface area contributed by atoms with Gasteiger partial charge in [-0.1, -0.05) is 6.07 Å². The Kier molecular flexibility index (Phi) is 4.34. The van der Waals surface area contributed by atoms with E-state index in [1.165, 1.54) is 11.1 Å². The van der Waals surface area contributed by atoms with Gasteiger partial charge in [0.1, 0.15) is 0 Å². The molecule has 2 unspecified atom stereocenters. The standard InChI is InChI=1S/C25H33NO5/c1-14(30-22(28)23(2,3)4)29-18-9-7-15-13-17-16-8-10-19(27)24(5)25(16,11-12-26(17)6)20(15)21(18)31-24/h7,9,14,16-17H,8,10-13H2,1-6H3/t14?,16-,17?,24-,25-/m0/s1. The molecule has 0 radical (unpaired) electrons. The number of piperidine rings is 1. The summed E-state index contributed by atoms with van der Waals surface area (Å²) < 4.78 is 18.2. The molecule has 5 atom stereocenters. The topological polar surface area (TPSA) is 65.1 Å². The normalized spacial score (nSPS) is 34.6. The largest absolute Gasteiger partial charge is 0.475 e. The van der Waals surface area contributed by atoms with E-state index in [-0.39, 0.29) is 17.2 Å². The van der Waals surface area contributed by atoms with Gasteiger partial charge in [0.2, 0.25) is 6.29 Å². The van der Waals surface area contributed by atoms with Gasteiger partial charge < -0.3 is 19.1 Å². The van der Waals surface area contributed by atoms with E-state index in [9.17, 15) is 9.59 Å². The number of hydrogen-bond donors (Lipinski definition) is 0. The number of esters is 1. The lowest BCUT2D eigenvalue weighted by molar-refractivity contribution is -0.171. The van der Waals surface area contributed by atoms with Gasteiger partial charge in [-0.05, 0) is 78.1 Å². The number of ketones is 1. The second kappa shape index (κ2) is 6.47. The first kappa shape index (κ1) is 20.8. The molecule has 2 bridgehead atoms. The van der Waals surface area contributed by atoms with Crippen molar-refractivity contribution in [2.24, 2.45) is 11.3 Å². The van der Waals surface area contributed by atoms with Crippen molar-refractivity contribution in [1.29, 1.82) is 0 Å². The average molecular weight is 428 g/mol. The van der Waals surface area contributed by atoms with Crippen molar-refractivity contribution in [3.05, 3.63) is 23.3 Å². The van der Waals surface area contributed by atoms with Gasteiger partial charge in [0.25, 0.3) is 0 Å². The zero-order valence-electron chi connectivity index (χ0n) is 19.4. The number of ether oxygens (including phenoxy) is 3. The Hall–Kier alpha value is -2.08. The van der Waals surface area contributed by atoms with E-state index >= 15 is 0 Å². The molecule has 1 spiro atoms. The fraction of sp³-hybridized carbons (Fsp3) is 0.680.